The molecule has 2 aromatic rings. The molecule has 1 N–H and O–H groups in total. The third-order valence-corrected chi connectivity index (χ3v) is 6.63. The molecular weight excluding hydrogens is 458 g/mol. The van der Waals surface area contributed by atoms with Crippen molar-refractivity contribution < 1.29 is 28.6 Å². The molecule has 0 bridgehead atoms. The molecular formula is C29H31NO6. The first kappa shape index (κ1) is 25.2. The van der Waals surface area contributed by atoms with Crippen LogP contribution in [0.3, 0.4) is 0 Å². The molecule has 0 amide bonds. The lowest BCUT2D eigenvalue weighted by atomic mass is 9.71. The number of carbonyl (C=O) groups excluding carboxylic acids is 3. The maximum atomic E-state index is 13.7. The monoisotopic (exact) mass is 489 g/mol. The number of allylic oxidation sites excluding steroid dienone is 3. The fraction of sp³-hybridized carbons (Fsp3) is 0.345. The average Bonchev–Trinajstić information content (AvgIpc) is 2.86. The number of Topliss-reactive ketones (excluding diaryl/α,β-unsaturated/α-hetero) is 1. The molecule has 2 aromatic carbocycles. The Hall–Kier alpha value is -3.87. The Kier molecular flexibility index (Phi) is 7.29. The number of rotatable bonds is 6. The molecule has 1 heterocycles. The Morgan fingerprint density at radius 3 is 2.31 bits per heavy atom. The number of para-hydroxylation sites is 1. The van der Waals surface area contributed by atoms with E-state index in [1.54, 1.807) is 45.2 Å². The first-order valence-corrected chi connectivity index (χ1v) is 12.0. The van der Waals surface area contributed by atoms with Crippen molar-refractivity contribution in [1.29, 1.82) is 0 Å². The molecule has 0 aromatic heterocycles. The Labute approximate surface area is 211 Å². The highest BCUT2D eigenvalue weighted by molar-refractivity contribution is 6.04. The molecule has 7 nitrogen and oxygen atoms in total. The molecule has 0 fully saturated rings. The van der Waals surface area contributed by atoms with E-state index in [1.165, 1.54) is 7.11 Å². The number of methoxy groups -OCH3 is 2. The number of hydrogen-bond donors (Lipinski definition) is 1. The first-order chi connectivity index (χ1) is 17.2. The van der Waals surface area contributed by atoms with Gasteiger partial charge in [0.05, 0.1) is 31.5 Å². The normalized spacial score (nSPS) is 19.6. The summed E-state index contributed by atoms with van der Waals surface area (Å²) in [4.78, 5) is 38.9. The van der Waals surface area contributed by atoms with E-state index in [2.05, 4.69) is 5.32 Å². The van der Waals surface area contributed by atoms with E-state index in [0.29, 0.717) is 35.2 Å². The topological polar surface area (TPSA) is 90.9 Å². The fourth-order valence-electron chi connectivity index (χ4n) is 5.07. The molecule has 0 radical (unpaired) electrons. The van der Waals surface area contributed by atoms with Crippen LogP contribution in [-0.4, -0.2) is 38.0 Å². The molecule has 2 atom stereocenters. The van der Waals surface area contributed by atoms with Crippen molar-refractivity contribution >= 4 is 17.7 Å². The summed E-state index contributed by atoms with van der Waals surface area (Å²) >= 11 is 0. The van der Waals surface area contributed by atoms with Gasteiger partial charge in [0, 0.05) is 35.2 Å². The molecule has 4 rings (SSSR count). The van der Waals surface area contributed by atoms with Crippen LogP contribution in [0.2, 0.25) is 0 Å². The fourth-order valence-corrected chi connectivity index (χ4v) is 5.07. The molecule has 0 spiro atoms. The minimum absolute atomic E-state index is 0.0379. The van der Waals surface area contributed by atoms with Gasteiger partial charge in [-0.1, -0.05) is 30.3 Å². The Balaban J connectivity index is 1.80. The Morgan fingerprint density at radius 2 is 1.67 bits per heavy atom. The highest BCUT2D eigenvalue weighted by atomic mass is 16.5. The minimum Gasteiger partial charge on any atom is -0.496 e. The van der Waals surface area contributed by atoms with Crippen LogP contribution in [0, 0.1) is 0 Å². The van der Waals surface area contributed by atoms with Crippen LogP contribution in [0.1, 0.15) is 66.9 Å². The summed E-state index contributed by atoms with van der Waals surface area (Å²) in [5.41, 5.74) is 4.51. The lowest BCUT2D eigenvalue weighted by Crippen LogP contribution is -2.36. The highest BCUT2D eigenvalue weighted by Crippen LogP contribution is 2.47. The van der Waals surface area contributed by atoms with Gasteiger partial charge in [-0.15, -0.1) is 0 Å². The second-order valence-corrected chi connectivity index (χ2v) is 9.33. The van der Waals surface area contributed by atoms with E-state index in [1.807, 2.05) is 31.2 Å². The largest absolute Gasteiger partial charge is 0.496 e. The van der Waals surface area contributed by atoms with Crippen LogP contribution in [0.5, 0.6) is 5.75 Å². The zero-order valence-electron chi connectivity index (χ0n) is 21.2. The van der Waals surface area contributed by atoms with Crippen LogP contribution in [-0.2, 0) is 19.1 Å². The Bertz CT molecular complexity index is 1250. The van der Waals surface area contributed by atoms with Crippen molar-refractivity contribution in [3.63, 3.8) is 0 Å². The van der Waals surface area contributed by atoms with Crippen molar-refractivity contribution in [2.45, 2.75) is 51.6 Å². The van der Waals surface area contributed by atoms with Gasteiger partial charge < -0.3 is 19.5 Å². The molecule has 0 saturated carbocycles. The van der Waals surface area contributed by atoms with Gasteiger partial charge in [-0.3, -0.25) is 4.79 Å². The lowest BCUT2D eigenvalue weighted by molar-refractivity contribution is -0.143. The third-order valence-electron chi connectivity index (χ3n) is 6.63. The highest BCUT2D eigenvalue weighted by Gasteiger charge is 2.42. The number of ketones is 1. The van der Waals surface area contributed by atoms with Gasteiger partial charge >= 0.3 is 11.9 Å². The van der Waals surface area contributed by atoms with Crippen molar-refractivity contribution in [2.75, 3.05) is 14.2 Å². The third kappa shape index (κ3) is 4.78. The molecule has 188 valence electrons. The summed E-state index contributed by atoms with van der Waals surface area (Å²) in [6, 6.07) is 14.6. The quantitative estimate of drug-likeness (QED) is 0.583. The smallest absolute Gasteiger partial charge is 0.337 e. The van der Waals surface area contributed by atoms with Crippen LogP contribution in [0.25, 0.3) is 0 Å². The number of nitrogens with one attached hydrogen (secondary N) is 1. The van der Waals surface area contributed by atoms with Crippen molar-refractivity contribution in [2.24, 2.45) is 0 Å². The predicted molar refractivity (Wildman–Crippen MR) is 135 cm³/mol. The predicted octanol–water partition coefficient (Wildman–Crippen LogP) is 4.80. The summed E-state index contributed by atoms with van der Waals surface area (Å²) in [5, 5.41) is 3.35. The molecule has 7 heteroatoms. The van der Waals surface area contributed by atoms with E-state index in [4.69, 9.17) is 14.2 Å². The number of ether oxygens (including phenoxy) is 3. The van der Waals surface area contributed by atoms with Gasteiger partial charge in [0.2, 0.25) is 0 Å². The van der Waals surface area contributed by atoms with Crippen molar-refractivity contribution in [3.8, 4) is 5.75 Å². The summed E-state index contributed by atoms with van der Waals surface area (Å²) < 4.78 is 15.9. The van der Waals surface area contributed by atoms with E-state index in [-0.39, 0.29) is 17.8 Å². The van der Waals surface area contributed by atoms with Gasteiger partial charge in [0.1, 0.15) is 5.75 Å². The van der Waals surface area contributed by atoms with Gasteiger partial charge in [0.25, 0.3) is 0 Å². The molecule has 0 saturated heterocycles. The summed E-state index contributed by atoms with van der Waals surface area (Å²) in [6.45, 7) is 5.41. The standard InChI is InChI=1S/C29H31NO6/c1-16(2)36-29(33)25-17(3)30-22-14-20(21-8-6-7-9-24(21)34-4)15-23(31)27(22)26(25)18-10-12-19(13-11-18)28(32)35-5/h6-13,16,20,26,30H,14-15H2,1-5H3/t20-,26+/m0/s1. The van der Waals surface area contributed by atoms with Gasteiger partial charge in [0.15, 0.2) is 5.78 Å². The Morgan fingerprint density at radius 1 is 0.972 bits per heavy atom. The lowest BCUT2D eigenvalue weighted by Gasteiger charge is -2.37. The number of hydrogen-bond acceptors (Lipinski definition) is 7. The van der Waals surface area contributed by atoms with E-state index in [0.717, 1.165) is 22.6 Å². The van der Waals surface area contributed by atoms with Crippen LogP contribution < -0.4 is 10.1 Å². The van der Waals surface area contributed by atoms with Gasteiger partial charge in [-0.05, 0) is 56.5 Å². The minimum atomic E-state index is -0.606. The maximum absolute atomic E-state index is 13.7. The SMILES string of the molecule is COC(=O)c1ccc([C@@H]2C(C(=O)OC(C)C)=C(C)NC3=C2C(=O)C[C@@H](c2ccccc2OC)C3)cc1. The summed E-state index contributed by atoms with van der Waals surface area (Å²) in [6.07, 6.45) is 0.582. The second kappa shape index (κ2) is 10.4. The number of benzene rings is 2. The van der Waals surface area contributed by atoms with E-state index >= 15 is 0 Å². The first-order valence-electron chi connectivity index (χ1n) is 12.0. The number of esters is 2. The molecule has 36 heavy (non-hydrogen) atoms. The van der Waals surface area contributed by atoms with Crippen molar-refractivity contribution in [3.05, 3.63) is 87.8 Å². The molecule has 1 aliphatic carbocycles. The van der Waals surface area contributed by atoms with E-state index < -0.39 is 17.9 Å². The zero-order valence-corrected chi connectivity index (χ0v) is 21.2. The van der Waals surface area contributed by atoms with Crippen LogP contribution in [0.4, 0.5) is 0 Å². The molecule has 0 unspecified atom stereocenters. The zero-order chi connectivity index (χ0) is 26.0. The average molecular weight is 490 g/mol. The second-order valence-electron chi connectivity index (χ2n) is 9.33. The molecule has 1 aliphatic heterocycles. The number of carbonyl (C=O) groups is 3. The molecule has 2 aliphatic rings. The summed E-state index contributed by atoms with van der Waals surface area (Å²) in [5.74, 6) is -0.873. The van der Waals surface area contributed by atoms with Gasteiger partial charge in [-0.2, -0.15) is 0 Å². The van der Waals surface area contributed by atoms with Gasteiger partial charge in [-0.25, -0.2) is 9.59 Å². The van der Waals surface area contributed by atoms with Crippen LogP contribution in [0.15, 0.2) is 71.1 Å². The van der Waals surface area contributed by atoms with Crippen molar-refractivity contribution in [1.82, 2.24) is 5.32 Å². The number of dihydropyridines is 1. The maximum Gasteiger partial charge on any atom is 0.337 e. The summed E-state index contributed by atoms with van der Waals surface area (Å²) in [7, 11) is 2.95. The van der Waals surface area contributed by atoms with Crippen LogP contribution >= 0.6 is 0 Å². The van der Waals surface area contributed by atoms with E-state index in [9.17, 15) is 14.4 Å².